The zero-order valence-electron chi connectivity index (χ0n) is 18.5. The minimum atomic E-state index is -0.511. The molecule has 1 aliphatic rings. The summed E-state index contributed by atoms with van der Waals surface area (Å²) in [6, 6.07) is 4.59. The van der Waals surface area contributed by atoms with Gasteiger partial charge in [0.05, 0.1) is 0 Å². The van der Waals surface area contributed by atoms with Gasteiger partial charge in [-0.2, -0.15) is 0 Å². The number of ether oxygens (including phenoxy) is 1. The summed E-state index contributed by atoms with van der Waals surface area (Å²) in [6.45, 7) is 13.0. The fourth-order valence-corrected chi connectivity index (χ4v) is 3.68. The van der Waals surface area contributed by atoms with E-state index in [1.54, 1.807) is 4.90 Å². The Hall–Kier alpha value is -1.62. The summed E-state index contributed by atoms with van der Waals surface area (Å²) < 4.78 is 5.60. The predicted octanol–water partition coefficient (Wildman–Crippen LogP) is 5.95. The van der Waals surface area contributed by atoms with Crippen LogP contribution in [0.1, 0.15) is 91.2 Å². The molecule has 0 aliphatic carbocycles. The average Bonchev–Trinajstić information content (AvgIpc) is 2.66. The number of rotatable bonds is 8. The molecule has 0 spiro atoms. The molecule has 0 bridgehead atoms. The molecule has 1 fully saturated rings. The van der Waals surface area contributed by atoms with Crippen molar-refractivity contribution in [3.63, 3.8) is 0 Å². The van der Waals surface area contributed by atoms with Crippen molar-refractivity contribution < 1.29 is 9.53 Å². The molecule has 2 heterocycles. The minimum Gasteiger partial charge on any atom is -0.443 e. The normalized spacial score (nSPS) is 18.1. The van der Waals surface area contributed by atoms with Gasteiger partial charge in [-0.05, 0) is 71.2 Å². The van der Waals surface area contributed by atoms with Gasteiger partial charge in [0.25, 0.3) is 0 Å². The summed E-state index contributed by atoms with van der Waals surface area (Å²) in [6.07, 6.45) is 9.81. The van der Waals surface area contributed by atoms with Gasteiger partial charge in [-0.3, -0.25) is 9.80 Å². The highest BCUT2D eigenvalue weighted by atomic mass is 16.6. The van der Waals surface area contributed by atoms with Gasteiger partial charge in [-0.15, -0.1) is 0 Å². The Morgan fingerprint density at radius 2 is 1.96 bits per heavy atom. The standard InChI is InChI=1S/C23H39N3O2/c1-6-8-15-25-16-11-10-12-20(25)19-13-14-21(24-18-19)26(17-9-7-2)22(27)28-23(3,4)5/h13-14,18,20H,6-12,15-17H2,1-5H3/t20-/m1/s1. The number of hydrogen-bond donors (Lipinski definition) is 0. The van der Waals surface area contributed by atoms with Crippen molar-refractivity contribution in [2.24, 2.45) is 0 Å². The Labute approximate surface area is 171 Å². The van der Waals surface area contributed by atoms with E-state index in [4.69, 9.17) is 4.74 Å². The van der Waals surface area contributed by atoms with Gasteiger partial charge < -0.3 is 4.74 Å². The van der Waals surface area contributed by atoms with Crippen LogP contribution in [-0.2, 0) is 4.74 Å². The van der Waals surface area contributed by atoms with E-state index in [0.29, 0.717) is 18.4 Å². The van der Waals surface area contributed by atoms with E-state index in [2.05, 4.69) is 29.8 Å². The first kappa shape index (κ1) is 22.7. The van der Waals surface area contributed by atoms with Gasteiger partial charge in [-0.1, -0.05) is 39.2 Å². The first-order valence-corrected chi connectivity index (χ1v) is 11.1. The zero-order valence-corrected chi connectivity index (χ0v) is 18.5. The van der Waals surface area contributed by atoms with E-state index in [-0.39, 0.29) is 6.09 Å². The van der Waals surface area contributed by atoms with Gasteiger partial charge in [0.1, 0.15) is 11.4 Å². The highest BCUT2D eigenvalue weighted by Gasteiger charge is 2.26. The maximum absolute atomic E-state index is 12.7. The summed E-state index contributed by atoms with van der Waals surface area (Å²) in [4.78, 5) is 21.6. The highest BCUT2D eigenvalue weighted by Crippen LogP contribution is 2.31. The lowest BCUT2D eigenvalue weighted by Crippen LogP contribution is -2.38. The number of likely N-dealkylation sites (tertiary alicyclic amines) is 1. The summed E-state index contributed by atoms with van der Waals surface area (Å²) in [7, 11) is 0. The van der Waals surface area contributed by atoms with Crippen molar-refractivity contribution >= 4 is 11.9 Å². The number of pyridine rings is 1. The van der Waals surface area contributed by atoms with Gasteiger partial charge in [0, 0.05) is 18.8 Å². The van der Waals surface area contributed by atoms with Crippen molar-refractivity contribution in [1.82, 2.24) is 9.88 Å². The van der Waals surface area contributed by atoms with Crippen molar-refractivity contribution in [2.75, 3.05) is 24.5 Å². The molecule has 1 aromatic heterocycles. The highest BCUT2D eigenvalue weighted by molar-refractivity contribution is 5.86. The van der Waals surface area contributed by atoms with Crippen LogP contribution in [-0.4, -0.2) is 41.2 Å². The van der Waals surface area contributed by atoms with Crippen LogP contribution in [0.15, 0.2) is 18.3 Å². The minimum absolute atomic E-state index is 0.316. The van der Waals surface area contributed by atoms with Crippen molar-refractivity contribution in [3.8, 4) is 0 Å². The predicted molar refractivity (Wildman–Crippen MR) is 116 cm³/mol. The Morgan fingerprint density at radius 3 is 2.57 bits per heavy atom. The summed E-state index contributed by atoms with van der Waals surface area (Å²) >= 11 is 0. The van der Waals surface area contributed by atoms with Crippen LogP contribution in [0, 0.1) is 0 Å². The number of unbranched alkanes of at least 4 members (excludes halogenated alkanes) is 2. The van der Waals surface area contributed by atoms with Gasteiger partial charge in [-0.25, -0.2) is 9.78 Å². The van der Waals surface area contributed by atoms with Crippen molar-refractivity contribution in [2.45, 2.75) is 91.2 Å². The summed E-state index contributed by atoms with van der Waals surface area (Å²) in [5, 5.41) is 0. The first-order valence-electron chi connectivity index (χ1n) is 11.1. The Bertz CT molecular complexity index is 595. The second-order valence-corrected chi connectivity index (χ2v) is 8.84. The van der Waals surface area contributed by atoms with Gasteiger partial charge in [0.2, 0.25) is 0 Å². The smallest absolute Gasteiger partial charge is 0.416 e. The number of carbonyl (C=O) groups excluding carboxylic acids is 1. The van der Waals surface area contributed by atoms with Gasteiger partial charge >= 0.3 is 6.09 Å². The third-order valence-electron chi connectivity index (χ3n) is 5.19. The van der Waals surface area contributed by atoms with Crippen molar-refractivity contribution in [3.05, 3.63) is 23.9 Å². The molecule has 0 N–H and O–H groups in total. The molecule has 0 saturated carbocycles. The van der Waals surface area contributed by atoms with Crippen LogP contribution >= 0.6 is 0 Å². The van der Waals surface area contributed by atoms with E-state index >= 15 is 0 Å². The molecule has 158 valence electrons. The first-order chi connectivity index (χ1) is 13.4. The maximum Gasteiger partial charge on any atom is 0.416 e. The van der Waals surface area contributed by atoms with E-state index in [9.17, 15) is 4.79 Å². The number of anilines is 1. The van der Waals surface area contributed by atoms with E-state index in [1.807, 2.05) is 33.0 Å². The Balaban J connectivity index is 2.15. The number of piperidine rings is 1. The molecule has 1 amide bonds. The lowest BCUT2D eigenvalue weighted by molar-refractivity contribution is 0.0578. The molecule has 1 aromatic rings. The molecule has 0 radical (unpaired) electrons. The van der Waals surface area contributed by atoms with Crippen LogP contribution < -0.4 is 4.90 Å². The molecular formula is C23H39N3O2. The Kier molecular flexibility index (Phi) is 8.74. The molecule has 0 aromatic carbocycles. The van der Waals surface area contributed by atoms with Crippen LogP contribution in [0.4, 0.5) is 10.6 Å². The third-order valence-corrected chi connectivity index (χ3v) is 5.19. The monoisotopic (exact) mass is 389 g/mol. The van der Waals surface area contributed by atoms with Crippen LogP contribution in [0.3, 0.4) is 0 Å². The second-order valence-electron chi connectivity index (χ2n) is 8.84. The largest absolute Gasteiger partial charge is 0.443 e. The summed E-state index contributed by atoms with van der Waals surface area (Å²) in [5.74, 6) is 0.683. The van der Waals surface area contributed by atoms with E-state index < -0.39 is 5.60 Å². The molecule has 5 heteroatoms. The van der Waals surface area contributed by atoms with Crippen LogP contribution in [0.25, 0.3) is 0 Å². The molecule has 1 saturated heterocycles. The second kappa shape index (κ2) is 10.8. The lowest BCUT2D eigenvalue weighted by atomic mass is 9.96. The average molecular weight is 390 g/mol. The number of hydrogen-bond acceptors (Lipinski definition) is 4. The molecule has 2 rings (SSSR count). The van der Waals surface area contributed by atoms with Crippen LogP contribution in [0.5, 0.6) is 0 Å². The topological polar surface area (TPSA) is 45.7 Å². The van der Waals surface area contributed by atoms with Crippen molar-refractivity contribution in [1.29, 1.82) is 0 Å². The lowest BCUT2D eigenvalue weighted by Gasteiger charge is -2.36. The SMILES string of the molecule is CCCCN(C(=O)OC(C)(C)C)c1ccc([C@H]2CCCCN2CCCC)cn1. The fourth-order valence-electron chi connectivity index (χ4n) is 3.68. The molecule has 5 nitrogen and oxygen atoms in total. The molecule has 28 heavy (non-hydrogen) atoms. The quantitative estimate of drug-likeness (QED) is 0.551. The third kappa shape index (κ3) is 6.77. The molecular weight excluding hydrogens is 350 g/mol. The van der Waals surface area contributed by atoms with E-state index in [0.717, 1.165) is 19.4 Å². The number of amides is 1. The number of carbonyl (C=O) groups is 1. The maximum atomic E-state index is 12.7. The number of nitrogens with zero attached hydrogens (tertiary/aromatic N) is 3. The fraction of sp³-hybridized carbons (Fsp3) is 0.739. The zero-order chi connectivity index (χ0) is 20.6. The molecule has 0 unspecified atom stereocenters. The van der Waals surface area contributed by atoms with Gasteiger partial charge in [0.15, 0.2) is 0 Å². The molecule has 1 atom stereocenters. The Morgan fingerprint density at radius 1 is 1.21 bits per heavy atom. The summed E-state index contributed by atoms with van der Waals surface area (Å²) in [5.41, 5.74) is 0.753. The van der Waals surface area contributed by atoms with E-state index in [1.165, 1.54) is 44.2 Å². The van der Waals surface area contributed by atoms with Crippen LogP contribution in [0.2, 0.25) is 0 Å². The molecule has 1 aliphatic heterocycles. The number of aromatic nitrogens is 1.